The first kappa shape index (κ1) is 11.9. The fraction of sp³-hybridized carbons (Fsp3) is 1.00. The van der Waals surface area contributed by atoms with Crippen LogP contribution in [0.5, 0.6) is 0 Å². The van der Waals surface area contributed by atoms with Crippen molar-refractivity contribution in [2.45, 2.75) is 32.3 Å². The second-order valence-corrected chi connectivity index (χ2v) is 5.59. The molecule has 0 saturated heterocycles. The molecule has 1 aliphatic rings. The van der Waals surface area contributed by atoms with Gasteiger partial charge in [-0.1, -0.05) is 6.92 Å². The second-order valence-electron chi connectivity index (χ2n) is 3.95. The van der Waals surface area contributed by atoms with Crippen LogP contribution in [-0.4, -0.2) is 34.0 Å². The molecule has 0 aliphatic heterocycles. The Kier molecular flexibility index (Phi) is 4.34. The normalized spacial score (nSPS) is 27.3. The molecule has 84 valence electrons. The Morgan fingerprint density at radius 1 is 1.29 bits per heavy atom. The van der Waals surface area contributed by atoms with Crippen LogP contribution in [0.4, 0.5) is 0 Å². The molecular formula is C9H18O4S. The molecule has 14 heavy (non-hydrogen) atoms. The van der Waals surface area contributed by atoms with Crippen LogP contribution in [0.1, 0.15) is 26.2 Å². The molecule has 1 fully saturated rings. The molecule has 1 aliphatic carbocycles. The van der Waals surface area contributed by atoms with Gasteiger partial charge in [-0.3, -0.25) is 4.18 Å². The van der Waals surface area contributed by atoms with Gasteiger partial charge in [0.05, 0.1) is 19.0 Å². The summed E-state index contributed by atoms with van der Waals surface area (Å²) in [5.41, 5.74) is 0. The Morgan fingerprint density at radius 3 is 2.43 bits per heavy atom. The molecule has 1 saturated carbocycles. The lowest BCUT2D eigenvalue weighted by Crippen LogP contribution is -2.29. The molecule has 0 unspecified atom stereocenters. The summed E-state index contributed by atoms with van der Waals surface area (Å²) in [5.74, 6) is 0.785. The maximum Gasteiger partial charge on any atom is 0.264 e. The van der Waals surface area contributed by atoms with Crippen molar-refractivity contribution in [1.29, 1.82) is 0 Å². The lowest BCUT2D eigenvalue weighted by atomic mass is 9.84. The summed E-state index contributed by atoms with van der Waals surface area (Å²) in [4.78, 5) is 0. The van der Waals surface area contributed by atoms with Gasteiger partial charge < -0.3 is 4.74 Å². The van der Waals surface area contributed by atoms with Gasteiger partial charge in [-0.05, 0) is 25.2 Å². The Morgan fingerprint density at radius 2 is 1.93 bits per heavy atom. The Hall–Kier alpha value is -0.130. The van der Waals surface area contributed by atoms with E-state index in [1.54, 1.807) is 0 Å². The van der Waals surface area contributed by atoms with Crippen molar-refractivity contribution < 1.29 is 17.3 Å². The quantitative estimate of drug-likeness (QED) is 0.500. The van der Waals surface area contributed by atoms with Gasteiger partial charge in [0, 0.05) is 6.61 Å². The molecule has 0 aromatic carbocycles. The van der Waals surface area contributed by atoms with Crippen LogP contribution in [0, 0.1) is 5.92 Å². The molecule has 0 amide bonds. The highest BCUT2D eigenvalue weighted by Gasteiger charge is 2.25. The minimum atomic E-state index is -3.28. The maximum atomic E-state index is 10.6. The fourth-order valence-corrected chi connectivity index (χ4v) is 1.90. The third-order valence-electron chi connectivity index (χ3n) is 2.27. The predicted molar refractivity (Wildman–Crippen MR) is 53.6 cm³/mol. The van der Waals surface area contributed by atoms with E-state index in [0.717, 1.165) is 25.0 Å². The molecule has 0 atom stereocenters. The summed E-state index contributed by atoms with van der Waals surface area (Å²) in [6, 6.07) is 0. The van der Waals surface area contributed by atoms with Crippen LogP contribution >= 0.6 is 0 Å². The van der Waals surface area contributed by atoms with Crippen LogP contribution in [0.2, 0.25) is 0 Å². The summed E-state index contributed by atoms with van der Waals surface area (Å²) in [6.45, 7) is 3.01. The highest BCUT2D eigenvalue weighted by Crippen LogP contribution is 2.28. The molecule has 0 bridgehead atoms. The minimum absolute atomic E-state index is 0.223. The average molecular weight is 222 g/mol. The van der Waals surface area contributed by atoms with E-state index in [4.69, 9.17) is 4.74 Å². The van der Waals surface area contributed by atoms with Gasteiger partial charge in [0.25, 0.3) is 10.1 Å². The van der Waals surface area contributed by atoms with Gasteiger partial charge >= 0.3 is 0 Å². The molecule has 5 heteroatoms. The summed E-state index contributed by atoms with van der Waals surface area (Å²) in [7, 11) is -3.28. The monoisotopic (exact) mass is 222 g/mol. The van der Waals surface area contributed by atoms with E-state index >= 15 is 0 Å². The third kappa shape index (κ3) is 4.93. The zero-order chi connectivity index (χ0) is 10.6. The van der Waals surface area contributed by atoms with E-state index in [0.29, 0.717) is 19.1 Å². The summed E-state index contributed by atoms with van der Waals surface area (Å²) >= 11 is 0. The molecule has 4 nitrogen and oxygen atoms in total. The smallest absolute Gasteiger partial charge is 0.264 e. The van der Waals surface area contributed by atoms with Crippen LogP contribution < -0.4 is 0 Å². The highest BCUT2D eigenvalue weighted by atomic mass is 32.2. The van der Waals surface area contributed by atoms with Crippen molar-refractivity contribution in [2.75, 3.05) is 19.5 Å². The maximum absolute atomic E-state index is 10.6. The SMILES string of the molecule is CC1CC(OCCCOS(C)(=O)=O)C1. The summed E-state index contributed by atoms with van der Waals surface area (Å²) < 4.78 is 31.2. The first-order valence-corrected chi connectivity index (χ1v) is 6.75. The van der Waals surface area contributed by atoms with Gasteiger partial charge in [-0.2, -0.15) is 8.42 Å². The Balaban J connectivity index is 1.90. The van der Waals surface area contributed by atoms with E-state index in [9.17, 15) is 8.42 Å². The molecule has 0 spiro atoms. The van der Waals surface area contributed by atoms with Gasteiger partial charge in [-0.25, -0.2) is 0 Å². The number of rotatable bonds is 6. The van der Waals surface area contributed by atoms with Gasteiger partial charge in [-0.15, -0.1) is 0 Å². The zero-order valence-corrected chi connectivity index (χ0v) is 9.55. The van der Waals surface area contributed by atoms with Crippen LogP contribution in [-0.2, 0) is 19.0 Å². The molecule has 0 aromatic rings. The van der Waals surface area contributed by atoms with Gasteiger partial charge in [0.1, 0.15) is 0 Å². The molecule has 0 heterocycles. The largest absolute Gasteiger partial charge is 0.378 e. The second kappa shape index (κ2) is 5.09. The molecular weight excluding hydrogens is 204 g/mol. The number of hydrogen-bond acceptors (Lipinski definition) is 4. The Bertz CT molecular complexity index is 254. The standard InChI is InChI=1S/C9H18O4S/c1-8-6-9(7-8)12-4-3-5-13-14(2,10)11/h8-9H,3-7H2,1-2H3. The molecule has 0 N–H and O–H groups in total. The van der Waals surface area contributed by atoms with Crippen molar-refractivity contribution >= 4 is 10.1 Å². The first-order valence-electron chi connectivity index (χ1n) is 4.93. The van der Waals surface area contributed by atoms with Crippen molar-refractivity contribution in [1.82, 2.24) is 0 Å². The summed E-state index contributed by atoms with van der Waals surface area (Å²) in [5, 5.41) is 0. The lowest BCUT2D eigenvalue weighted by molar-refractivity contribution is -0.0285. The van der Waals surface area contributed by atoms with E-state index in [-0.39, 0.29) is 6.61 Å². The van der Waals surface area contributed by atoms with Crippen molar-refractivity contribution in [2.24, 2.45) is 5.92 Å². The number of hydrogen-bond donors (Lipinski definition) is 0. The number of ether oxygens (including phenoxy) is 1. The Labute approximate surface area is 85.7 Å². The predicted octanol–water partition coefficient (Wildman–Crippen LogP) is 1.17. The third-order valence-corrected chi connectivity index (χ3v) is 2.86. The van der Waals surface area contributed by atoms with E-state index in [1.165, 1.54) is 0 Å². The van der Waals surface area contributed by atoms with E-state index in [1.807, 2.05) is 0 Å². The van der Waals surface area contributed by atoms with Crippen LogP contribution in [0.15, 0.2) is 0 Å². The van der Waals surface area contributed by atoms with Crippen LogP contribution in [0.25, 0.3) is 0 Å². The highest BCUT2D eigenvalue weighted by molar-refractivity contribution is 7.85. The van der Waals surface area contributed by atoms with Crippen molar-refractivity contribution in [3.63, 3.8) is 0 Å². The first-order chi connectivity index (χ1) is 6.47. The van der Waals surface area contributed by atoms with E-state index < -0.39 is 10.1 Å². The minimum Gasteiger partial charge on any atom is -0.378 e. The fourth-order valence-electron chi connectivity index (χ4n) is 1.48. The topological polar surface area (TPSA) is 52.6 Å². The van der Waals surface area contributed by atoms with Crippen molar-refractivity contribution in [3.05, 3.63) is 0 Å². The molecule has 0 radical (unpaired) electrons. The van der Waals surface area contributed by atoms with Gasteiger partial charge in [0.2, 0.25) is 0 Å². The van der Waals surface area contributed by atoms with Gasteiger partial charge in [0.15, 0.2) is 0 Å². The van der Waals surface area contributed by atoms with E-state index in [2.05, 4.69) is 11.1 Å². The molecule has 0 aromatic heterocycles. The molecule has 1 rings (SSSR count). The van der Waals surface area contributed by atoms with Crippen molar-refractivity contribution in [3.8, 4) is 0 Å². The average Bonchev–Trinajstić information content (AvgIpc) is 1.98. The zero-order valence-electron chi connectivity index (χ0n) is 8.73. The van der Waals surface area contributed by atoms with Crippen LogP contribution in [0.3, 0.4) is 0 Å². The summed E-state index contributed by atoms with van der Waals surface area (Å²) in [6.07, 6.45) is 4.35. The lowest BCUT2D eigenvalue weighted by Gasteiger charge is -2.32.